The van der Waals surface area contributed by atoms with E-state index < -0.39 is 17.8 Å². The number of hydrogen-bond acceptors (Lipinski definition) is 4. The first kappa shape index (κ1) is 12.3. The van der Waals surface area contributed by atoms with Crippen molar-refractivity contribution in [2.75, 3.05) is 5.32 Å². The molecule has 6 nitrogen and oxygen atoms in total. The molecule has 1 aromatic heterocycles. The summed E-state index contributed by atoms with van der Waals surface area (Å²) in [4.78, 5) is 15.8. The Morgan fingerprint density at radius 2 is 2.20 bits per heavy atom. The summed E-state index contributed by atoms with van der Waals surface area (Å²) in [5.74, 6) is -0.599. The normalized spacial score (nSPS) is 17.6. The van der Waals surface area contributed by atoms with Gasteiger partial charge in [-0.25, -0.2) is 9.07 Å². The third-order valence-electron chi connectivity index (χ3n) is 3.26. The maximum atomic E-state index is 14.1. The van der Waals surface area contributed by atoms with Crippen LogP contribution in [0.4, 0.5) is 10.3 Å². The van der Waals surface area contributed by atoms with E-state index in [1.54, 1.807) is 25.1 Å². The van der Waals surface area contributed by atoms with Gasteiger partial charge in [-0.05, 0) is 13.0 Å². The number of amides is 1. The smallest absolute Gasteiger partial charge is 0.248 e. The van der Waals surface area contributed by atoms with Crippen molar-refractivity contribution in [3.05, 3.63) is 53.2 Å². The molecular weight excluding hydrogens is 261 g/mol. The third kappa shape index (κ3) is 1.75. The number of nitrogens with two attached hydrogens (primary N) is 1. The first-order valence-electron chi connectivity index (χ1n) is 6.01. The van der Waals surface area contributed by atoms with Crippen LogP contribution in [0.15, 0.2) is 41.9 Å². The van der Waals surface area contributed by atoms with Crippen molar-refractivity contribution in [3.8, 4) is 0 Å². The van der Waals surface area contributed by atoms with E-state index in [9.17, 15) is 9.18 Å². The highest BCUT2D eigenvalue weighted by Crippen LogP contribution is 2.35. The number of nitrogens with zero attached hydrogens (tertiary/aromatic N) is 3. The van der Waals surface area contributed by atoms with E-state index in [1.165, 1.54) is 17.1 Å². The van der Waals surface area contributed by atoms with Gasteiger partial charge >= 0.3 is 0 Å². The van der Waals surface area contributed by atoms with E-state index in [0.717, 1.165) is 0 Å². The Hall–Kier alpha value is -2.70. The molecule has 0 aliphatic carbocycles. The van der Waals surface area contributed by atoms with Crippen molar-refractivity contribution >= 4 is 11.9 Å². The quantitative estimate of drug-likeness (QED) is 0.860. The highest BCUT2D eigenvalue weighted by atomic mass is 19.1. The minimum atomic E-state index is -0.715. The fraction of sp³-hybridized carbons (Fsp3) is 0.154. The van der Waals surface area contributed by atoms with Gasteiger partial charge in [0, 0.05) is 11.3 Å². The van der Waals surface area contributed by atoms with Gasteiger partial charge in [-0.2, -0.15) is 10.1 Å². The zero-order valence-electron chi connectivity index (χ0n) is 10.7. The number of fused-ring (bicyclic) bond motifs is 1. The molecule has 1 aromatic carbocycles. The van der Waals surface area contributed by atoms with Gasteiger partial charge in [0.2, 0.25) is 11.9 Å². The average Bonchev–Trinajstić information content (AvgIpc) is 2.85. The number of carbonyl (C=O) groups excluding carboxylic acids is 1. The van der Waals surface area contributed by atoms with Gasteiger partial charge in [-0.15, -0.1) is 0 Å². The van der Waals surface area contributed by atoms with Crippen molar-refractivity contribution in [2.45, 2.75) is 13.0 Å². The van der Waals surface area contributed by atoms with Gasteiger partial charge in [0.1, 0.15) is 18.2 Å². The molecule has 0 saturated carbocycles. The molecule has 0 radical (unpaired) electrons. The molecule has 3 rings (SSSR count). The molecule has 1 aliphatic rings. The van der Waals surface area contributed by atoms with Crippen LogP contribution in [0.1, 0.15) is 18.5 Å². The van der Waals surface area contributed by atoms with Gasteiger partial charge < -0.3 is 11.1 Å². The van der Waals surface area contributed by atoms with E-state index in [4.69, 9.17) is 5.73 Å². The van der Waals surface area contributed by atoms with Crippen molar-refractivity contribution in [1.82, 2.24) is 14.8 Å². The summed E-state index contributed by atoms with van der Waals surface area (Å²) in [6.07, 6.45) is 1.34. The van der Waals surface area contributed by atoms with Gasteiger partial charge in [0.15, 0.2) is 0 Å². The molecule has 102 valence electrons. The van der Waals surface area contributed by atoms with Crippen LogP contribution in [-0.2, 0) is 4.79 Å². The van der Waals surface area contributed by atoms with E-state index in [0.29, 0.717) is 17.2 Å². The van der Waals surface area contributed by atoms with Crippen molar-refractivity contribution < 1.29 is 9.18 Å². The highest BCUT2D eigenvalue weighted by molar-refractivity contribution is 5.95. The number of halogens is 1. The number of primary amides is 1. The van der Waals surface area contributed by atoms with Crippen LogP contribution < -0.4 is 11.1 Å². The lowest BCUT2D eigenvalue weighted by atomic mass is 9.95. The third-order valence-corrected chi connectivity index (χ3v) is 3.26. The van der Waals surface area contributed by atoms with Crippen molar-refractivity contribution in [3.63, 3.8) is 0 Å². The lowest BCUT2D eigenvalue weighted by Crippen LogP contribution is -2.32. The molecule has 0 bridgehead atoms. The second-order valence-corrected chi connectivity index (χ2v) is 4.48. The van der Waals surface area contributed by atoms with Crippen LogP contribution in [0, 0.1) is 5.82 Å². The molecule has 1 unspecified atom stereocenters. The maximum absolute atomic E-state index is 14.1. The standard InChI is InChI=1S/C13H12FN5O/c1-7-10(12(15)20)11(8-4-2-3-5-9(8)14)19-13(18-7)16-6-17-19/h2-6,11H,1H3,(H2,15,20)(H,16,17,18). The Morgan fingerprint density at radius 1 is 1.45 bits per heavy atom. The summed E-state index contributed by atoms with van der Waals surface area (Å²) < 4.78 is 15.5. The Kier molecular flexibility index (Phi) is 2.74. The van der Waals surface area contributed by atoms with Crippen LogP contribution >= 0.6 is 0 Å². The first-order valence-corrected chi connectivity index (χ1v) is 6.01. The first-order chi connectivity index (χ1) is 9.59. The summed E-state index contributed by atoms with van der Waals surface area (Å²) in [5.41, 5.74) is 6.59. The molecule has 2 heterocycles. The van der Waals surface area contributed by atoms with E-state index in [2.05, 4.69) is 15.4 Å². The molecule has 1 atom stereocenters. The molecule has 0 fully saturated rings. The van der Waals surface area contributed by atoms with Gasteiger partial charge in [0.25, 0.3) is 0 Å². The molecule has 1 aliphatic heterocycles. The second kappa shape index (κ2) is 4.44. The fourth-order valence-corrected chi connectivity index (χ4v) is 2.39. The number of aromatic nitrogens is 3. The number of carbonyl (C=O) groups is 1. The molecule has 2 aromatic rings. The molecule has 7 heteroatoms. The Bertz CT molecular complexity index is 721. The van der Waals surface area contributed by atoms with Crippen LogP contribution in [0.25, 0.3) is 0 Å². The minimum Gasteiger partial charge on any atom is -0.366 e. The van der Waals surface area contributed by atoms with Gasteiger partial charge in [-0.1, -0.05) is 18.2 Å². The summed E-state index contributed by atoms with van der Waals surface area (Å²) in [6, 6.07) is 5.51. The van der Waals surface area contributed by atoms with Crippen LogP contribution in [-0.4, -0.2) is 20.7 Å². The van der Waals surface area contributed by atoms with Crippen LogP contribution in [0.3, 0.4) is 0 Å². The molecule has 0 saturated heterocycles. The molecule has 20 heavy (non-hydrogen) atoms. The van der Waals surface area contributed by atoms with Crippen LogP contribution in [0.2, 0.25) is 0 Å². The number of allylic oxidation sites excluding steroid dienone is 1. The topological polar surface area (TPSA) is 85.8 Å². The predicted molar refractivity (Wildman–Crippen MR) is 70.1 cm³/mol. The number of nitrogens with one attached hydrogen (secondary N) is 1. The predicted octanol–water partition coefficient (Wildman–Crippen LogP) is 1.19. The monoisotopic (exact) mass is 273 g/mol. The SMILES string of the molecule is CC1=C(C(N)=O)C(c2ccccc2F)n2ncnc2N1. The van der Waals surface area contributed by atoms with E-state index in [-0.39, 0.29) is 5.57 Å². The lowest BCUT2D eigenvalue weighted by Gasteiger charge is -2.27. The Labute approximate surface area is 114 Å². The summed E-state index contributed by atoms with van der Waals surface area (Å²) in [5, 5.41) is 6.99. The summed E-state index contributed by atoms with van der Waals surface area (Å²) in [7, 11) is 0. The van der Waals surface area contributed by atoms with Gasteiger partial charge in [0.05, 0.1) is 5.57 Å². The largest absolute Gasteiger partial charge is 0.366 e. The van der Waals surface area contributed by atoms with Crippen molar-refractivity contribution in [2.24, 2.45) is 5.73 Å². The molecule has 1 amide bonds. The maximum Gasteiger partial charge on any atom is 0.248 e. The number of rotatable bonds is 2. The zero-order valence-corrected chi connectivity index (χ0v) is 10.7. The number of benzene rings is 1. The Balaban J connectivity index is 2.25. The average molecular weight is 273 g/mol. The van der Waals surface area contributed by atoms with Gasteiger partial charge in [-0.3, -0.25) is 4.79 Å². The highest BCUT2D eigenvalue weighted by Gasteiger charge is 2.33. The second-order valence-electron chi connectivity index (χ2n) is 4.48. The molecule has 3 N–H and O–H groups in total. The van der Waals surface area contributed by atoms with Crippen LogP contribution in [0.5, 0.6) is 0 Å². The molecule has 0 spiro atoms. The minimum absolute atomic E-state index is 0.271. The van der Waals surface area contributed by atoms with E-state index >= 15 is 0 Å². The summed E-state index contributed by atoms with van der Waals surface area (Å²) in [6.45, 7) is 1.70. The molecular formula is C13H12FN5O. The van der Waals surface area contributed by atoms with Crippen molar-refractivity contribution in [1.29, 1.82) is 0 Å². The fourth-order valence-electron chi connectivity index (χ4n) is 2.39. The number of hydrogen-bond donors (Lipinski definition) is 2. The van der Waals surface area contributed by atoms with E-state index in [1.807, 2.05) is 0 Å². The number of anilines is 1. The summed E-state index contributed by atoms with van der Waals surface area (Å²) >= 11 is 0. The zero-order chi connectivity index (χ0) is 14.3. The lowest BCUT2D eigenvalue weighted by molar-refractivity contribution is -0.115. The Morgan fingerprint density at radius 3 is 2.90 bits per heavy atom.